The number of ether oxygens (including phenoxy) is 1. The van der Waals surface area contributed by atoms with Crippen LogP contribution in [0, 0.1) is 11.3 Å². The summed E-state index contributed by atoms with van der Waals surface area (Å²) in [4.78, 5) is 10.9. The van der Waals surface area contributed by atoms with Gasteiger partial charge in [-0.2, -0.15) is 5.26 Å². The van der Waals surface area contributed by atoms with Crippen LogP contribution in [0.3, 0.4) is 0 Å². The first-order chi connectivity index (χ1) is 12.2. The number of hydrogen-bond acceptors (Lipinski definition) is 3. The van der Waals surface area contributed by atoms with E-state index < -0.39 is 5.97 Å². The fourth-order valence-electron chi connectivity index (χ4n) is 2.54. The lowest BCUT2D eigenvalue weighted by atomic mass is 9.85. The maximum Gasteiger partial charge on any atom is 0.346 e. The number of benzene rings is 2. The summed E-state index contributed by atoms with van der Waals surface area (Å²) in [6.45, 7) is 8.58. The van der Waals surface area contributed by atoms with Gasteiger partial charge in [0.2, 0.25) is 0 Å². The molecular formula is C22H23NO3. The molecule has 4 heteroatoms. The van der Waals surface area contributed by atoms with Gasteiger partial charge in [-0.1, -0.05) is 52.0 Å². The molecule has 0 saturated heterocycles. The van der Waals surface area contributed by atoms with Crippen molar-refractivity contribution in [3.05, 3.63) is 64.7 Å². The summed E-state index contributed by atoms with van der Waals surface area (Å²) in [5.41, 5.74) is 2.68. The number of aliphatic carboxylic acids is 1. The standard InChI is InChI=1S/C22H23NO3/c1-5-15-8-11-20(19(13-15)22(2,3)4)26-18-9-6-16(7-10-18)12-17(14-23)21(24)25/h6-13H,5H2,1-4H3,(H,24,25). The van der Waals surface area contributed by atoms with Crippen molar-refractivity contribution in [2.45, 2.75) is 39.5 Å². The van der Waals surface area contributed by atoms with Gasteiger partial charge in [-0.05, 0) is 47.2 Å². The quantitative estimate of drug-likeness (QED) is 0.585. The van der Waals surface area contributed by atoms with Crippen molar-refractivity contribution in [2.75, 3.05) is 0 Å². The number of carbonyl (C=O) groups is 1. The zero-order chi connectivity index (χ0) is 19.3. The first-order valence-electron chi connectivity index (χ1n) is 8.51. The molecule has 0 bridgehead atoms. The van der Waals surface area contributed by atoms with Gasteiger partial charge in [-0.3, -0.25) is 0 Å². The summed E-state index contributed by atoms with van der Waals surface area (Å²) in [5, 5.41) is 17.8. The molecule has 0 fully saturated rings. The number of nitrogens with zero attached hydrogens (tertiary/aromatic N) is 1. The van der Waals surface area contributed by atoms with Gasteiger partial charge >= 0.3 is 5.97 Å². The molecule has 0 aliphatic carbocycles. The van der Waals surface area contributed by atoms with Crippen molar-refractivity contribution in [1.82, 2.24) is 0 Å². The van der Waals surface area contributed by atoms with Crippen molar-refractivity contribution in [3.63, 3.8) is 0 Å². The molecule has 1 N–H and O–H groups in total. The Bertz CT molecular complexity index is 866. The Balaban J connectivity index is 2.30. The Morgan fingerprint density at radius 3 is 2.35 bits per heavy atom. The normalized spacial score (nSPS) is 11.7. The zero-order valence-electron chi connectivity index (χ0n) is 15.5. The smallest absolute Gasteiger partial charge is 0.346 e. The number of carboxylic acids is 1. The molecule has 0 amide bonds. The first kappa shape index (κ1) is 19.3. The van der Waals surface area contributed by atoms with Crippen molar-refractivity contribution in [3.8, 4) is 17.6 Å². The highest BCUT2D eigenvalue weighted by molar-refractivity contribution is 5.96. The second-order valence-electron chi connectivity index (χ2n) is 7.08. The van der Waals surface area contributed by atoms with E-state index in [0.717, 1.165) is 17.7 Å². The number of aryl methyl sites for hydroxylation is 1. The van der Waals surface area contributed by atoms with Gasteiger partial charge in [0.1, 0.15) is 23.1 Å². The maximum absolute atomic E-state index is 10.9. The van der Waals surface area contributed by atoms with Crippen LogP contribution >= 0.6 is 0 Å². The molecule has 2 rings (SSSR count). The molecule has 4 nitrogen and oxygen atoms in total. The zero-order valence-corrected chi connectivity index (χ0v) is 15.5. The molecule has 134 valence electrons. The van der Waals surface area contributed by atoms with Gasteiger partial charge in [0.25, 0.3) is 0 Å². The van der Waals surface area contributed by atoms with E-state index in [1.165, 1.54) is 11.6 Å². The molecule has 0 aliphatic heterocycles. The molecule has 0 spiro atoms. The third-order valence-corrected chi connectivity index (χ3v) is 4.03. The minimum atomic E-state index is -1.24. The van der Waals surface area contributed by atoms with Gasteiger partial charge in [0, 0.05) is 5.56 Å². The lowest BCUT2D eigenvalue weighted by molar-refractivity contribution is -0.132. The van der Waals surface area contributed by atoms with Crippen LogP contribution in [-0.4, -0.2) is 11.1 Å². The average Bonchev–Trinajstić information content (AvgIpc) is 2.60. The molecular weight excluding hydrogens is 326 g/mol. The lowest BCUT2D eigenvalue weighted by Crippen LogP contribution is -2.13. The Kier molecular flexibility index (Phi) is 5.84. The van der Waals surface area contributed by atoms with Crippen LogP contribution in [-0.2, 0) is 16.6 Å². The van der Waals surface area contributed by atoms with Crippen LogP contribution in [0.15, 0.2) is 48.0 Å². The minimum absolute atomic E-state index is 0.0492. The minimum Gasteiger partial charge on any atom is -0.477 e. The van der Waals surface area contributed by atoms with Crippen LogP contribution in [0.1, 0.15) is 44.4 Å². The van der Waals surface area contributed by atoms with Crippen molar-refractivity contribution in [2.24, 2.45) is 0 Å². The number of nitriles is 1. The second kappa shape index (κ2) is 7.88. The third-order valence-electron chi connectivity index (χ3n) is 4.03. The highest BCUT2D eigenvalue weighted by atomic mass is 16.5. The molecule has 0 unspecified atom stereocenters. The van der Waals surface area contributed by atoms with E-state index >= 15 is 0 Å². The van der Waals surface area contributed by atoms with Crippen LogP contribution in [0.5, 0.6) is 11.5 Å². The summed E-state index contributed by atoms with van der Waals surface area (Å²) in [6.07, 6.45) is 2.30. The number of carboxylic acid groups (broad SMARTS) is 1. The van der Waals surface area contributed by atoms with Crippen LogP contribution in [0.25, 0.3) is 6.08 Å². The molecule has 0 radical (unpaired) electrons. The van der Waals surface area contributed by atoms with E-state index in [0.29, 0.717) is 11.3 Å². The van der Waals surface area contributed by atoms with E-state index in [4.69, 9.17) is 15.1 Å². The highest BCUT2D eigenvalue weighted by Gasteiger charge is 2.20. The van der Waals surface area contributed by atoms with Gasteiger partial charge < -0.3 is 9.84 Å². The highest BCUT2D eigenvalue weighted by Crippen LogP contribution is 2.35. The molecule has 0 aromatic heterocycles. The molecule has 0 aliphatic rings. The monoisotopic (exact) mass is 349 g/mol. The molecule has 0 saturated carbocycles. The fourth-order valence-corrected chi connectivity index (χ4v) is 2.54. The van der Waals surface area contributed by atoms with E-state index in [1.807, 2.05) is 6.07 Å². The van der Waals surface area contributed by atoms with Gasteiger partial charge in [-0.25, -0.2) is 4.79 Å². The lowest BCUT2D eigenvalue weighted by Gasteiger charge is -2.23. The van der Waals surface area contributed by atoms with E-state index in [1.54, 1.807) is 30.3 Å². The summed E-state index contributed by atoms with van der Waals surface area (Å²) in [6, 6.07) is 14.9. The van der Waals surface area contributed by atoms with E-state index in [-0.39, 0.29) is 11.0 Å². The number of rotatable bonds is 5. The van der Waals surface area contributed by atoms with Crippen LogP contribution in [0.4, 0.5) is 0 Å². The van der Waals surface area contributed by atoms with Crippen molar-refractivity contribution >= 4 is 12.0 Å². The Morgan fingerprint density at radius 2 is 1.85 bits per heavy atom. The van der Waals surface area contributed by atoms with Gasteiger partial charge in [0.05, 0.1) is 0 Å². The SMILES string of the molecule is CCc1ccc(Oc2ccc(C=C(C#N)C(=O)O)cc2)c(C(C)(C)C)c1. The number of hydrogen-bond donors (Lipinski definition) is 1. The molecule has 2 aromatic carbocycles. The molecule has 0 heterocycles. The van der Waals surface area contributed by atoms with Crippen molar-refractivity contribution in [1.29, 1.82) is 5.26 Å². The van der Waals surface area contributed by atoms with E-state index in [9.17, 15) is 4.79 Å². The Labute approximate surface area is 154 Å². The van der Waals surface area contributed by atoms with Crippen molar-refractivity contribution < 1.29 is 14.6 Å². The largest absolute Gasteiger partial charge is 0.477 e. The summed E-state index contributed by atoms with van der Waals surface area (Å²) in [7, 11) is 0. The average molecular weight is 349 g/mol. The molecule has 2 aromatic rings. The van der Waals surface area contributed by atoms with E-state index in [2.05, 4.69) is 39.8 Å². The molecule has 0 atom stereocenters. The second-order valence-corrected chi connectivity index (χ2v) is 7.08. The fraction of sp³-hybridized carbons (Fsp3) is 0.273. The topological polar surface area (TPSA) is 70.3 Å². The molecule has 26 heavy (non-hydrogen) atoms. The first-order valence-corrected chi connectivity index (χ1v) is 8.51. The summed E-state index contributed by atoms with van der Waals surface area (Å²) >= 11 is 0. The van der Waals surface area contributed by atoms with Crippen LogP contribution in [0.2, 0.25) is 0 Å². The summed E-state index contributed by atoms with van der Waals surface area (Å²) in [5.74, 6) is 0.227. The predicted octanol–water partition coefficient (Wildman–Crippen LogP) is 5.33. The Hall–Kier alpha value is -3.06. The maximum atomic E-state index is 10.9. The van der Waals surface area contributed by atoms with Gasteiger partial charge in [0.15, 0.2) is 0 Å². The van der Waals surface area contributed by atoms with Gasteiger partial charge in [-0.15, -0.1) is 0 Å². The third kappa shape index (κ3) is 4.73. The summed E-state index contributed by atoms with van der Waals surface area (Å²) < 4.78 is 6.07. The predicted molar refractivity (Wildman–Crippen MR) is 102 cm³/mol. The van der Waals surface area contributed by atoms with Crippen LogP contribution < -0.4 is 4.74 Å². The Morgan fingerprint density at radius 1 is 1.19 bits per heavy atom.